The topological polar surface area (TPSA) is 66.8 Å². The average molecular weight is 323 g/mol. The number of nitrogens with zero attached hydrogens (tertiary/aromatic N) is 1. The van der Waals surface area contributed by atoms with Crippen LogP contribution in [-0.2, 0) is 11.3 Å². The van der Waals surface area contributed by atoms with E-state index >= 15 is 0 Å². The number of pyridine rings is 1. The molecule has 0 aliphatic carbocycles. The summed E-state index contributed by atoms with van der Waals surface area (Å²) in [5, 5.41) is 0.374. The lowest BCUT2D eigenvalue weighted by atomic mass is 10.2. The van der Waals surface area contributed by atoms with Crippen molar-refractivity contribution in [1.29, 1.82) is 0 Å². The minimum absolute atomic E-state index is 0.0955. The van der Waals surface area contributed by atoms with Crippen molar-refractivity contribution in [3.8, 4) is 11.5 Å². The summed E-state index contributed by atoms with van der Waals surface area (Å²) < 4.78 is 17.2. The van der Waals surface area contributed by atoms with Gasteiger partial charge in [-0.15, -0.1) is 0 Å². The second-order valence-corrected chi connectivity index (χ2v) is 5.31. The molecule has 2 aromatic carbocycles. The van der Waals surface area contributed by atoms with E-state index < -0.39 is 6.09 Å². The van der Waals surface area contributed by atoms with Gasteiger partial charge >= 0.3 is 6.09 Å². The second kappa shape index (κ2) is 5.73. The Morgan fingerprint density at radius 2 is 1.83 bits per heavy atom. The second-order valence-electron chi connectivity index (χ2n) is 5.31. The van der Waals surface area contributed by atoms with Gasteiger partial charge in [0.15, 0.2) is 16.9 Å². The van der Waals surface area contributed by atoms with E-state index in [1.165, 1.54) is 16.8 Å². The Morgan fingerprint density at radius 3 is 2.62 bits per heavy atom. The van der Waals surface area contributed by atoms with E-state index in [2.05, 4.69) is 0 Å². The lowest BCUT2D eigenvalue weighted by molar-refractivity contribution is 0.142. The number of hydrogen-bond acceptors (Lipinski definition) is 5. The molecular weight excluding hydrogens is 310 g/mol. The summed E-state index contributed by atoms with van der Waals surface area (Å²) in [6.07, 6.45) is 0.836. The van der Waals surface area contributed by atoms with Crippen LogP contribution in [0, 0.1) is 0 Å². The van der Waals surface area contributed by atoms with Crippen molar-refractivity contribution in [2.24, 2.45) is 0 Å². The Hall–Kier alpha value is -3.28. The maximum Gasteiger partial charge on any atom is 0.418 e. The van der Waals surface area contributed by atoms with E-state index in [1.807, 2.05) is 30.3 Å². The van der Waals surface area contributed by atoms with Crippen LogP contribution in [0.4, 0.5) is 4.79 Å². The molecule has 4 rings (SSSR count). The van der Waals surface area contributed by atoms with Gasteiger partial charge in [-0.25, -0.2) is 4.79 Å². The van der Waals surface area contributed by atoms with Gasteiger partial charge in [0.1, 0.15) is 6.61 Å². The molecule has 0 unspecified atom stereocenters. The van der Waals surface area contributed by atoms with Crippen LogP contribution in [0.15, 0.2) is 59.5 Å². The molecule has 0 spiro atoms. The molecule has 0 saturated carbocycles. The molecule has 1 aromatic heterocycles. The van der Waals surface area contributed by atoms with Gasteiger partial charge in [-0.2, -0.15) is 0 Å². The summed E-state index contributed by atoms with van der Waals surface area (Å²) in [5.74, 6) is 0.993. The van der Waals surface area contributed by atoms with E-state index in [0.29, 0.717) is 22.4 Å². The Balaban J connectivity index is 1.70. The van der Waals surface area contributed by atoms with E-state index in [-0.39, 0.29) is 18.8 Å². The molecule has 0 amide bonds. The quantitative estimate of drug-likeness (QED) is 0.725. The van der Waals surface area contributed by atoms with E-state index in [1.54, 1.807) is 12.1 Å². The first kappa shape index (κ1) is 14.3. The molecule has 0 radical (unpaired) electrons. The van der Waals surface area contributed by atoms with Crippen LogP contribution in [0.5, 0.6) is 11.5 Å². The van der Waals surface area contributed by atoms with Crippen molar-refractivity contribution in [2.75, 3.05) is 6.79 Å². The van der Waals surface area contributed by atoms with E-state index in [4.69, 9.17) is 14.2 Å². The molecule has 1 aliphatic heterocycles. The molecule has 0 fully saturated rings. The summed E-state index contributed by atoms with van der Waals surface area (Å²) in [6, 6.07) is 13.9. The lowest BCUT2D eigenvalue weighted by Gasteiger charge is -2.11. The van der Waals surface area contributed by atoms with Crippen molar-refractivity contribution < 1.29 is 19.0 Å². The summed E-state index contributed by atoms with van der Waals surface area (Å²) >= 11 is 0. The van der Waals surface area contributed by atoms with Gasteiger partial charge < -0.3 is 14.2 Å². The first-order valence-corrected chi connectivity index (χ1v) is 7.38. The monoisotopic (exact) mass is 323 g/mol. The van der Waals surface area contributed by atoms with Crippen molar-refractivity contribution >= 4 is 17.0 Å². The molecule has 6 heteroatoms. The molecule has 3 aromatic rings. The van der Waals surface area contributed by atoms with Gasteiger partial charge in [0.2, 0.25) is 6.79 Å². The maximum atomic E-state index is 12.4. The standard InChI is InChI=1S/C18H13NO5/c20-15-6-7-19(18(21)22-10-12-4-2-1-3-5-12)14-9-17-16(8-13(14)15)23-11-24-17/h1-9H,10-11H2. The molecule has 1 aliphatic rings. The van der Waals surface area contributed by atoms with Crippen LogP contribution in [0.2, 0.25) is 0 Å². The number of aromatic nitrogens is 1. The van der Waals surface area contributed by atoms with Crippen molar-refractivity contribution in [3.05, 3.63) is 70.5 Å². The number of ether oxygens (including phenoxy) is 3. The van der Waals surface area contributed by atoms with Gasteiger partial charge in [-0.3, -0.25) is 9.36 Å². The molecule has 0 atom stereocenters. The fourth-order valence-corrected chi connectivity index (χ4v) is 2.59. The Kier molecular flexibility index (Phi) is 3.42. The zero-order chi connectivity index (χ0) is 16.5. The fraction of sp³-hybridized carbons (Fsp3) is 0.111. The van der Waals surface area contributed by atoms with Gasteiger partial charge in [0.25, 0.3) is 0 Å². The highest BCUT2D eigenvalue weighted by molar-refractivity contribution is 5.90. The number of benzene rings is 2. The zero-order valence-corrected chi connectivity index (χ0v) is 12.6. The zero-order valence-electron chi connectivity index (χ0n) is 12.6. The first-order valence-electron chi connectivity index (χ1n) is 7.38. The third kappa shape index (κ3) is 2.48. The minimum Gasteiger partial charge on any atom is -0.454 e. The molecule has 6 nitrogen and oxygen atoms in total. The Bertz CT molecular complexity index is 978. The number of hydrogen-bond donors (Lipinski definition) is 0. The number of carbonyl (C=O) groups excluding carboxylic acids is 1. The number of carbonyl (C=O) groups is 1. The van der Waals surface area contributed by atoms with Crippen LogP contribution < -0.4 is 14.9 Å². The lowest BCUT2D eigenvalue weighted by Crippen LogP contribution is -2.17. The maximum absolute atomic E-state index is 12.4. The van der Waals surface area contributed by atoms with Crippen LogP contribution in [0.3, 0.4) is 0 Å². The van der Waals surface area contributed by atoms with E-state index in [9.17, 15) is 9.59 Å². The smallest absolute Gasteiger partial charge is 0.418 e. The van der Waals surface area contributed by atoms with Crippen LogP contribution in [0.25, 0.3) is 10.9 Å². The molecule has 0 N–H and O–H groups in total. The van der Waals surface area contributed by atoms with E-state index in [0.717, 1.165) is 5.56 Å². The van der Waals surface area contributed by atoms with Gasteiger partial charge in [-0.1, -0.05) is 30.3 Å². The molecule has 24 heavy (non-hydrogen) atoms. The summed E-state index contributed by atoms with van der Waals surface area (Å²) in [5.41, 5.74) is 1.11. The summed E-state index contributed by atoms with van der Waals surface area (Å²) in [6.45, 7) is 0.246. The molecule has 120 valence electrons. The average Bonchev–Trinajstić information content (AvgIpc) is 3.07. The van der Waals surface area contributed by atoms with Gasteiger partial charge in [0.05, 0.1) is 10.9 Å². The summed E-state index contributed by atoms with van der Waals surface area (Å²) in [7, 11) is 0. The van der Waals surface area contributed by atoms with Crippen LogP contribution >= 0.6 is 0 Å². The fourth-order valence-electron chi connectivity index (χ4n) is 2.59. The molecule has 0 saturated heterocycles. The Labute approximate surface area is 136 Å². The largest absolute Gasteiger partial charge is 0.454 e. The highest BCUT2D eigenvalue weighted by atomic mass is 16.7. The minimum atomic E-state index is -0.567. The number of rotatable bonds is 2. The normalized spacial score (nSPS) is 12.3. The van der Waals surface area contributed by atoms with Gasteiger partial charge in [-0.05, 0) is 11.6 Å². The molecule has 0 bridgehead atoms. The highest BCUT2D eigenvalue weighted by Crippen LogP contribution is 2.35. The SMILES string of the molecule is O=C(OCc1ccccc1)n1ccc(=O)c2cc3c(cc21)OCO3. The molecule has 2 heterocycles. The predicted molar refractivity (Wildman–Crippen MR) is 86.4 cm³/mol. The molecular formula is C18H13NO5. The first-order chi connectivity index (χ1) is 11.7. The van der Waals surface area contributed by atoms with Crippen molar-refractivity contribution in [2.45, 2.75) is 6.61 Å². The van der Waals surface area contributed by atoms with Crippen molar-refractivity contribution in [1.82, 2.24) is 4.57 Å². The third-order valence-corrected chi connectivity index (χ3v) is 3.79. The predicted octanol–water partition coefficient (Wildman–Crippen LogP) is 2.92. The van der Waals surface area contributed by atoms with Crippen molar-refractivity contribution in [3.63, 3.8) is 0 Å². The van der Waals surface area contributed by atoms with Crippen LogP contribution in [0.1, 0.15) is 5.56 Å². The number of fused-ring (bicyclic) bond motifs is 2. The summed E-state index contributed by atoms with van der Waals surface area (Å²) in [4.78, 5) is 24.5. The van der Waals surface area contributed by atoms with Crippen LogP contribution in [-0.4, -0.2) is 17.5 Å². The van der Waals surface area contributed by atoms with Gasteiger partial charge in [0, 0.05) is 18.3 Å². The Morgan fingerprint density at radius 1 is 1.08 bits per heavy atom. The third-order valence-electron chi connectivity index (χ3n) is 3.79. The highest BCUT2D eigenvalue weighted by Gasteiger charge is 2.18.